The highest BCUT2D eigenvalue weighted by Crippen LogP contribution is 2.33. The van der Waals surface area contributed by atoms with E-state index in [1.807, 2.05) is 0 Å². The minimum absolute atomic E-state index is 0.886. The Balaban J connectivity index is 1.85. The van der Waals surface area contributed by atoms with E-state index in [0.717, 1.165) is 17.6 Å². The molecule has 0 aromatic heterocycles. The van der Waals surface area contributed by atoms with Crippen LogP contribution in [-0.4, -0.2) is 20.7 Å². The molecule has 1 aliphatic carbocycles. The smallest absolute Gasteiger partial charge is 0.118 e. The number of hydrogen-bond donors (Lipinski definition) is 1. The molecule has 1 aromatic carbocycles. The van der Waals surface area contributed by atoms with Gasteiger partial charge in [0.15, 0.2) is 0 Å². The summed E-state index contributed by atoms with van der Waals surface area (Å²) in [5.74, 6) is 2.75. The van der Waals surface area contributed by atoms with E-state index in [9.17, 15) is 0 Å². The second kappa shape index (κ2) is 7.54. The van der Waals surface area contributed by atoms with Crippen LogP contribution in [0.2, 0.25) is 0 Å². The van der Waals surface area contributed by atoms with E-state index in [2.05, 4.69) is 36.6 Å². The maximum atomic E-state index is 5.20. The molecule has 2 unspecified atom stereocenters. The number of nitrogens with one attached hydrogen (secondary N) is 1. The Labute approximate surface area is 117 Å². The molecule has 0 bridgehead atoms. The molecule has 2 heteroatoms. The van der Waals surface area contributed by atoms with Crippen molar-refractivity contribution in [3.63, 3.8) is 0 Å². The van der Waals surface area contributed by atoms with Crippen LogP contribution in [0.1, 0.15) is 37.7 Å². The number of rotatable bonds is 6. The Kier molecular flexibility index (Phi) is 5.71. The molecule has 1 aliphatic rings. The first-order valence-electron chi connectivity index (χ1n) is 7.61. The van der Waals surface area contributed by atoms with E-state index in [4.69, 9.17) is 4.74 Å². The number of aryl methyl sites for hydroxylation is 1. The molecular weight excluding hydrogens is 234 g/mol. The molecule has 1 aromatic rings. The van der Waals surface area contributed by atoms with Gasteiger partial charge >= 0.3 is 0 Å². The lowest BCUT2D eigenvalue weighted by molar-refractivity contribution is 0.221. The standard InChI is InChI=1S/C17H27NO/c1-18-13-16-6-4-3-5-15(16)10-7-14-8-11-17(19-2)12-9-14/h8-9,11-12,15-16,18H,3-7,10,13H2,1-2H3. The fraction of sp³-hybridized carbons (Fsp3) is 0.647. The van der Waals surface area contributed by atoms with Crippen LogP contribution >= 0.6 is 0 Å². The van der Waals surface area contributed by atoms with Gasteiger partial charge in [0.25, 0.3) is 0 Å². The van der Waals surface area contributed by atoms with Gasteiger partial charge in [-0.1, -0.05) is 31.4 Å². The van der Waals surface area contributed by atoms with Crippen molar-refractivity contribution in [1.82, 2.24) is 5.32 Å². The van der Waals surface area contributed by atoms with Crippen LogP contribution in [0.4, 0.5) is 0 Å². The maximum Gasteiger partial charge on any atom is 0.118 e. The van der Waals surface area contributed by atoms with Crippen molar-refractivity contribution in [2.24, 2.45) is 11.8 Å². The van der Waals surface area contributed by atoms with Crippen molar-refractivity contribution in [1.29, 1.82) is 0 Å². The molecule has 0 amide bonds. The topological polar surface area (TPSA) is 21.3 Å². The fourth-order valence-corrected chi connectivity index (χ4v) is 3.34. The molecule has 1 N–H and O–H groups in total. The summed E-state index contributed by atoms with van der Waals surface area (Å²) >= 11 is 0. The zero-order chi connectivity index (χ0) is 13.5. The molecule has 0 radical (unpaired) electrons. The first-order valence-corrected chi connectivity index (χ1v) is 7.61. The molecule has 106 valence electrons. The Hall–Kier alpha value is -1.02. The summed E-state index contributed by atoms with van der Waals surface area (Å²) in [4.78, 5) is 0. The third-order valence-electron chi connectivity index (χ3n) is 4.50. The lowest BCUT2D eigenvalue weighted by atomic mass is 9.76. The van der Waals surface area contributed by atoms with Crippen LogP contribution in [0.5, 0.6) is 5.75 Å². The van der Waals surface area contributed by atoms with E-state index >= 15 is 0 Å². The number of methoxy groups -OCH3 is 1. The van der Waals surface area contributed by atoms with E-state index in [1.54, 1.807) is 7.11 Å². The molecule has 1 fully saturated rings. The molecule has 0 aliphatic heterocycles. The van der Waals surface area contributed by atoms with Crippen molar-refractivity contribution in [3.05, 3.63) is 29.8 Å². The Morgan fingerprint density at radius 2 is 1.79 bits per heavy atom. The highest BCUT2D eigenvalue weighted by Gasteiger charge is 2.23. The lowest BCUT2D eigenvalue weighted by Crippen LogP contribution is -2.29. The second-order valence-electron chi connectivity index (χ2n) is 5.75. The molecule has 0 saturated heterocycles. The zero-order valence-corrected chi connectivity index (χ0v) is 12.3. The van der Waals surface area contributed by atoms with Crippen LogP contribution < -0.4 is 10.1 Å². The van der Waals surface area contributed by atoms with Gasteiger partial charge in [-0.3, -0.25) is 0 Å². The summed E-state index contributed by atoms with van der Waals surface area (Å²) in [6.45, 7) is 1.19. The Morgan fingerprint density at radius 1 is 1.11 bits per heavy atom. The minimum atomic E-state index is 0.886. The summed E-state index contributed by atoms with van der Waals surface area (Å²) in [6, 6.07) is 8.55. The van der Waals surface area contributed by atoms with Gasteiger partial charge < -0.3 is 10.1 Å². The lowest BCUT2D eigenvalue weighted by Gasteiger charge is -2.31. The van der Waals surface area contributed by atoms with Crippen molar-refractivity contribution in [3.8, 4) is 5.75 Å². The van der Waals surface area contributed by atoms with Crippen molar-refractivity contribution >= 4 is 0 Å². The van der Waals surface area contributed by atoms with Crippen LogP contribution in [0.15, 0.2) is 24.3 Å². The van der Waals surface area contributed by atoms with Gasteiger partial charge in [0, 0.05) is 0 Å². The van der Waals surface area contributed by atoms with Crippen molar-refractivity contribution in [2.75, 3.05) is 20.7 Å². The molecule has 0 heterocycles. The molecule has 2 nitrogen and oxygen atoms in total. The molecule has 19 heavy (non-hydrogen) atoms. The van der Waals surface area contributed by atoms with Gasteiger partial charge in [-0.05, 0) is 62.4 Å². The monoisotopic (exact) mass is 261 g/mol. The first-order chi connectivity index (χ1) is 9.33. The summed E-state index contributed by atoms with van der Waals surface area (Å²) < 4.78 is 5.20. The van der Waals surface area contributed by atoms with Gasteiger partial charge in [-0.25, -0.2) is 0 Å². The second-order valence-corrected chi connectivity index (χ2v) is 5.75. The van der Waals surface area contributed by atoms with Crippen LogP contribution in [0, 0.1) is 11.8 Å². The Bertz CT molecular complexity index is 358. The molecule has 1 saturated carbocycles. The zero-order valence-electron chi connectivity index (χ0n) is 12.3. The summed E-state index contributed by atoms with van der Waals surface area (Å²) in [5.41, 5.74) is 1.44. The van der Waals surface area contributed by atoms with Gasteiger partial charge in [0.2, 0.25) is 0 Å². The highest BCUT2D eigenvalue weighted by molar-refractivity contribution is 5.27. The third-order valence-corrected chi connectivity index (χ3v) is 4.50. The van der Waals surface area contributed by atoms with Gasteiger partial charge in [0.1, 0.15) is 5.75 Å². The van der Waals surface area contributed by atoms with E-state index in [-0.39, 0.29) is 0 Å². The van der Waals surface area contributed by atoms with Gasteiger partial charge in [-0.2, -0.15) is 0 Å². The average molecular weight is 261 g/mol. The summed E-state index contributed by atoms with van der Waals surface area (Å²) in [6.07, 6.45) is 8.21. The summed E-state index contributed by atoms with van der Waals surface area (Å²) in [5, 5.41) is 3.36. The van der Waals surface area contributed by atoms with Crippen molar-refractivity contribution in [2.45, 2.75) is 38.5 Å². The quantitative estimate of drug-likeness (QED) is 0.844. The predicted octanol–water partition coefficient (Wildman–Crippen LogP) is 3.65. The number of ether oxygens (including phenoxy) is 1. The highest BCUT2D eigenvalue weighted by atomic mass is 16.5. The fourth-order valence-electron chi connectivity index (χ4n) is 3.34. The van der Waals surface area contributed by atoms with Crippen molar-refractivity contribution < 1.29 is 4.74 Å². The summed E-state index contributed by atoms with van der Waals surface area (Å²) in [7, 11) is 3.80. The largest absolute Gasteiger partial charge is 0.497 e. The SMILES string of the molecule is CNCC1CCCCC1CCc1ccc(OC)cc1. The van der Waals surface area contributed by atoms with Crippen LogP contribution in [-0.2, 0) is 6.42 Å². The van der Waals surface area contributed by atoms with E-state index < -0.39 is 0 Å². The van der Waals surface area contributed by atoms with Gasteiger partial charge in [0.05, 0.1) is 7.11 Å². The van der Waals surface area contributed by atoms with E-state index in [1.165, 1.54) is 50.6 Å². The Morgan fingerprint density at radius 3 is 2.42 bits per heavy atom. The minimum Gasteiger partial charge on any atom is -0.497 e. The molecule has 2 rings (SSSR count). The molecule has 2 atom stereocenters. The molecular formula is C17H27NO. The number of hydrogen-bond acceptors (Lipinski definition) is 2. The maximum absolute atomic E-state index is 5.20. The normalized spacial score (nSPS) is 23.3. The van der Waals surface area contributed by atoms with Crippen LogP contribution in [0.25, 0.3) is 0 Å². The van der Waals surface area contributed by atoms with E-state index in [0.29, 0.717) is 0 Å². The number of benzene rings is 1. The van der Waals surface area contributed by atoms with Crippen LogP contribution in [0.3, 0.4) is 0 Å². The first kappa shape index (κ1) is 14.4. The van der Waals surface area contributed by atoms with Gasteiger partial charge in [-0.15, -0.1) is 0 Å². The average Bonchev–Trinajstić information content (AvgIpc) is 2.47. The molecule has 0 spiro atoms. The third kappa shape index (κ3) is 4.24. The predicted molar refractivity (Wildman–Crippen MR) is 80.7 cm³/mol.